The summed E-state index contributed by atoms with van der Waals surface area (Å²) in [7, 11) is 4.35. The van der Waals surface area contributed by atoms with Crippen LogP contribution in [0.4, 0.5) is 4.79 Å². The highest BCUT2D eigenvalue weighted by Gasteiger charge is 2.35. The Hall–Kier alpha value is -2.85. The molecule has 0 aliphatic carbocycles. The van der Waals surface area contributed by atoms with Gasteiger partial charge in [-0.1, -0.05) is 80.5 Å². The number of H-pyrrole nitrogens is 1. The van der Waals surface area contributed by atoms with Crippen molar-refractivity contribution in [2.75, 3.05) is 27.8 Å². The van der Waals surface area contributed by atoms with Crippen LogP contribution < -0.4 is 5.32 Å². The number of aromatic nitrogens is 2. The number of hydrogen-bond acceptors (Lipinski definition) is 6. The summed E-state index contributed by atoms with van der Waals surface area (Å²) in [5, 5.41) is 2.25. The van der Waals surface area contributed by atoms with Crippen LogP contribution in [0.2, 0.25) is 6.82 Å². The molecule has 0 saturated carbocycles. The molecular formula is C36H73BN4O5. The van der Waals surface area contributed by atoms with E-state index in [2.05, 4.69) is 66.1 Å². The topological polar surface area (TPSA) is 106 Å². The summed E-state index contributed by atoms with van der Waals surface area (Å²) in [6, 6.07) is 0.0775. The SMILES string of the molecule is C/C=C\C(=C/C)c1cnc(C2CC(C)CN2C(=O)CC(C)C)[nH]1.C=C.CC.CC.CC.CNC(=O)OC.COB(C)OC(C)(C)C. The van der Waals surface area contributed by atoms with Crippen LogP contribution in [-0.4, -0.2) is 67.4 Å². The van der Waals surface area contributed by atoms with E-state index in [4.69, 9.17) is 9.31 Å². The highest BCUT2D eigenvalue weighted by molar-refractivity contribution is 6.42. The van der Waals surface area contributed by atoms with Crippen molar-refractivity contribution < 1.29 is 23.6 Å². The number of aromatic amines is 1. The van der Waals surface area contributed by atoms with E-state index in [1.165, 1.54) is 14.2 Å². The van der Waals surface area contributed by atoms with Crippen molar-refractivity contribution in [3.05, 3.63) is 49.1 Å². The predicted molar refractivity (Wildman–Crippen MR) is 201 cm³/mol. The maximum Gasteiger partial charge on any atom is 0.453 e. The number of amides is 2. The van der Waals surface area contributed by atoms with Crippen LogP contribution in [0.3, 0.4) is 0 Å². The maximum atomic E-state index is 12.5. The summed E-state index contributed by atoms with van der Waals surface area (Å²) in [4.78, 5) is 32.4. The lowest BCUT2D eigenvalue weighted by Crippen LogP contribution is -2.32. The number of likely N-dealkylation sites (tertiary alicyclic amines) is 1. The zero-order valence-corrected chi connectivity index (χ0v) is 33.1. The second-order valence-electron chi connectivity index (χ2n) is 10.7. The molecule has 2 heterocycles. The lowest BCUT2D eigenvalue weighted by Gasteiger charge is -2.24. The normalized spacial score (nSPS) is 14.9. The van der Waals surface area contributed by atoms with Crippen LogP contribution in [-0.2, 0) is 18.8 Å². The summed E-state index contributed by atoms with van der Waals surface area (Å²) in [5.74, 6) is 2.05. The average molecular weight is 653 g/mol. The van der Waals surface area contributed by atoms with Crippen molar-refractivity contribution in [2.45, 2.75) is 128 Å². The molecule has 9 nitrogen and oxygen atoms in total. The number of carbonyl (C=O) groups is 2. The van der Waals surface area contributed by atoms with Gasteiger partial charge in [0.05, 0.1) is 25.0 Å². The van der Waals surface area contributed by atoms with Crippen LogP contribution >= 0.6 is 0 Å². The van der Waals surface area contributed by atoms with E-state index in [9.17, 15) is 9.59 Å². The van der Waals surface area contributed by atoms with Crippen molar-refractivity contribution in [1.82, 2.24) is 20.2 Å². The molecule has 1 aromatic heterocycles. The minimum absolute atomic E-state index is 0.0775. The van der Waals surface area contributed by atoms with Gasteiger partial charge in [0.25, 0.3) is 0 Å². The summed E-state index contributed by atoms with van der Waals surface area (Å²) in [5.41, 5.74) is 2.03. The Balaban J connectivity index is -0.000000202. The number of rotatable bonds is 7. The molecule has 1 fully saturated rings. The fourth-order valence-corrected chi connectivity index (χ4v) is 3.87. The van der Waals surface area contributed by atoms with E-state index in [0.29, 0.717) is 18.3 Å². The Morgan fingerprint density at radius 1 is 1.13 bits per heavy atom. The quantitative estimate of drug-likeness (QED) is 0.173. The van der Waals surface area contributed by atoms with Gasteiger partial charge < -0.3 is 29.2 Å². The molecule has 0 radical (unpaired) electrons. The maximum absolute atomic E-state index is 12.5. The van der Waals surface area contributed by atoms with Gasteiger partial charge in [0.1, 0.15) is 5.82 Å². The molecule has 1 saturated heterocycles. The van der Waals surface area contributed by atoms with Gasteiger partial charge in [0, 0.05) is 32.7 Å². The van der Waals surface area contributed by atoms with E-state index >= 15 is 0 Å². The Morgan fingerprint density at radius 3 is 1.98 bits per heavy atom. The molecule has 2 amide bonds. The molecule has 46 heavy (non-hydrogen) atoms. The number of carbonyl (C=O) groups excluding carboxylic acids is 2. The molecule has 2 rings (SSSR count). The minimum Gasteiger partial charge on any atom is -0.453 e. The predicted octanol–water partition coefficient (Wildman–Crippen LogP) is 9.76. The van der Waals surface area contributed by atoms with Crippen molar-refractivity contribution in [1.29, 1.82) is 0 Å². The van der Waals surface area contributed by atoms with E-state index < -0.39 is 6.09 Å². The van der Waals surface area contributed by atoms with Crippen LogP contribution in [0.25, 0.3) is 5.57 Å². The molecule has 1 aliphatic heterocycles. The Kier molecular flexibility index (Phi) is 38.4. The number of allylic oxidation sites excluding steroid dienone is 4. The number of ether oxygens (including phenoxy) is 1. The standard InChI is InChI=1S/C19H29N3O.C6H15BO2.C3H7NO2.3C2H6.C2H4/c1-6-8-15(7-2)16-11-20-19(21-16)17-10-14(5)12-22(17)18(23)9-13(3)4;1-6(2,3)9-7(4)8-5;1-4-3(5)6-2;4*1-2/h6-8,11,13-14,17H,9-10,12H2,1-5H3,(H,20,21);1-5H3;1-2H3,(H,4,5);3*1-2H3;1-2H2/b8-6-,15-7+;;;;;;. The van der Waals surface area contributed by atoms with Gasteiger partial charge in [-0.3, -0.25) is 4.79 Å². The van der Waals surface area contributed by atoms with Gasteiger partial charge in [-0.2, -0.15) is 0 Å². The zero-order valence-electron chi connectivity index (χ0n) is 33.1. The summed E-state index contributed by atoms with van der Waals surface area (Å²) < 4.78 is 14.4. The molecule has 10 heteroatoms. The first kappa shape index (κ1) is 52.7. The third-order valence-electron chi connectivity index (χ3n) is 5.53. The first-order valence-corrected chi connectivity index (χ1v) is 16.8. The van der Waals surface area contributed by atoms with E-state index in [0.717, 1.165) is 30.1 Å². The van der Waals surface area contributed by atoms with E-state index in [1.807, 2.05) is 100 Å². The van der Waals surface area contributed by atoms with Gasteiger partial charge in [-0.05, 0) is 65.3 Å². The number of methoxy groups -OCH3 is 1. The first-order chi connectivity index (χ1) is 21.7. The molecule has 0 bridgehead atoms. The second kappa shape index (κ2) is 33.5. The molecule has 2 N–H and O–H groups in total. The van der Waals surface area contributed by atoms with Crippen molar-refractivity contribution in [2.24, 2.45) is 11.8 Å². The van der Waals surface area contributed by atoms with Gasteiger partial charge in [0.15, 0.2) is 0 Å². The summed E-state index contributed by atoms with van der Waals surface area (Å²) >= 11 is 0. The summed E-state index contributed by atoms with van der Waals surface area (Å²) in [6.45, 7) is 37.1. The Bertz CT molecular complexity index is 904. The Labute approximate surface area is 285 Å². The molecular weight excluding hydrogens is 579 g/mol. The first-order valence-electron chi connectivity index (χ1n) is 16.8. The molecule has 0 aromatic carbocycles. The summed E-state index contributed by atoms with van der Waals surface area (Å²) in [6.07, 6.45) is 9.20. The van der Waals surface area contributed by atoms with Crippen molar-refractivity contribution in [3.8, 4) is 0 Å². The largest absolute Gasteiger partial charge is 0.453 e. The fraction of sp³-hybridized carbons (Fsp3) is 0.694. The smallest absolute Gasteiger partial charge is 0.453 e. The molecule has 2 atom stereocenters. The number of alkyl carbamates (subject to hydrolysis) is 1. The van der Waals surface area contributed by atoms with E-state index in [1.54, 1.807) is 7.11 Å². The fourth-order valence-electron chi connectivity index (χ4n) is 3.87. The van der Waals surface area contributed by atoms with Crippen molar-refractivity contribution >= 4 is 24.7 Å². The molecule has 1 aromatic rings. The number of imidazole rings is 1. The van der Waals surface area contributed by atoms with Gasteiger partial charge in [-0.25, -0.2) is 9.78 Å². The highest BCUT2D eigenvalue weighted by atomic mass is 16.6. The lowest BCUT2D eigenvalue weighted by atomic mass is 9.93. The third-order valence-corrected chi connectivity index (χ3v) is 5.53. The monoisotopic (exact) mass is 653 g/mol. The highest BCUT2D eigenvalue weighted by Crippen LogP contribution is 2.35. The molecule has 270 valence electrons. The van der Waals surface area contributed by atoms with Gasteiger partial charge in [-0.15, -0.1) is 13.2 Å². The lowest BCUT2D eigenvalue weighted by molar-refractivity contribution is -0.133. The number of nitrogens with one attached hydrogen (secondary N) is 2. The van der Waals surface area contributed by atoms with E-state index in [-0.39, 0.29) is 24.7 Å². The van der Waals surface area contributed by atoms with Crippen LogP contribution in [0.5, 0.6) is 0 Å². The molecule has 0 spiro atoms. The van der Waals surface area contributed by atoms with Gasteiger partial charge >= 0.3 is 13.2 Å². The van der Waals surface area contributed by atoms with Crippen LogP contribution in [0.1, 0.15) is 127 Å². The minimum atomic E-state index is -0.407. The molecule has 1 aliphatic rings. The average Bonchev–Trinajstić information content (AvgIpc) is 3.70. The third kappa shape index (κ3) is 26.4. The number of nitrogens with zero attached hydrogens (tertiary/aromatic N) is 2. The van der Waals surface area contributed by atoms with Crippen LogP contribution in [0.15, 0.2) is 37.6 Å². The van der Waals surface area contributed by atoms with Crippen LogP contribution in [0, 0.1) is 11.8 Å². The second-order valence-corrected chi connectivity index (χ2v) is 10.7. The zero-order chi connectivity index (χ0) is 37.5. The van der Waals surface area contributed by atoms with Crippen molar-refractivity contribution in [3.63, 3.8) is 0 Å². The van der Waals surface area contributed by atoms with Gasteiger partial charge in [0.2, 0.25) is 5.91 Å². The molecule has 2 unspecified atom stereocenters. The Morgan fingerprint density at radius 2 is 1.65 bits per heavy atom. The number of hydrogen-bond donors (Lipinski definition) is 2.